The molecule has 2 nitrogen and oxygen atoms in total. The summed E-state index contributed by atoms with van der Waals surface area (Å²) in [5.41, 5.74) is 4.73. The molecule has 0 aliphatic carbocycles. The molecule has 0 unspecified atom stereocenters. The summed E-state index contributed by atoms with van der Waals surface area (Å²) < 4.78 is 5.82. The Bertz CT molecular complexity index is 505. The van der Waals surface area contributed by atoms with Crippen molar-refractivity contribution in [2.75, 3.05) is 0 Å². The molecule has 0 N–H and O–H groups in total. The second kappa shape index (κ2) is 7.13. The third-order valence-corrected chi connectivity index (χ3v) is 3.19. The quantitative estimate of drug-likeness (QED) is 0.765. The zero-order valence-electron chi connectivity index (χ0n) is 13.0. The molecule has 2 aromatic rings. The minimum absolute atomic E-state index is 0.752. The summed E-state index contributed by atoms with van der Waals surface area (Å²) in [6, 6.07) is 6.33. The van der Waals surface area contributed by atoms with E-state index in [9.17, 15) is 0 Å². The van der Waals surface area contributed by atoms with Crippen LogP contribution < -0.4 is 0 Å². The number of benzene rings is 1. The van der Waals surface area contributed by atoms with E-state index in [1.165, 1.54) is 11.1 Å². The molecular weight excluding hydrogens is 234 g/mol. The molecule has 2 rings (SSSR count). The zero-order valence-corrected chi connectivity index (χ0v) is 13.0. The summed E-state index contributed by atoms with van der Waals surface area (Å²) in [5, 5.41) is 0. The van der Waals surface area contributed by atoms with Crippen LogP contribution in [-0.4, -0.2) is 4.98 Å². The van der Waals surface area contributed by atoms with Gasteiger partial charge in [0.05, 0.1) is 5.69 Å². The van der Waals surface area contributed by atoms with E-state index in [1.807, 2.05) is 13.8 Å². The maximum Gasteiger partial charge on any atom is 0.226 e. The third kappa shape index (κ3) is 3.46. The van der Waals surface area contributed by atoms with Crippen LogP contribution in [0.3, 0.4) is 0 Å². The Kier molecular flexibility index (Phi) is 5.81. The topological polar surface area (TPSA) is 26.0 Å². The van der Waals surface area contributed by atoms with E-state index in [4.69, 9.17) is 4.42 Å². The number of hydrogen-bond donors (Lipinski definition) is 0. The van der Waals surface area contributed by atoms with Gasteiger partial charge in [-0.1, -0.05) is 33.8 Å². The first kappa shape index (κ1) is 15.5. The van der Waals surface area contributed by atoms with E-state index in [0.29, 0.717) is 0 Å². The van der Waals surface area contributed by atoms with Gasteiger partial charge in [0, 0.05) is 12.0 Å². The van der Waals surface area contributed by atoms with E-state index >= 15 is 0 Å². The monoisotopic (exact) mass is 259 g/mol. The summed E-state index contributed by atoms with van der Waals surface area (Å²) in [5.74, 6) is 1.77. The lowest BCUT2D eigenvalue weighted by Gasteiger charge is -2.01. The molecule has 1 aromatic carbocycles. The van der Waals surface area contributed by atoms with Crippen molar-refractivity contribution in [3.63, 3.8) is 0 Å². The van der Waals surface area contributed by atoms with Gasteiger partial charge < -0.3 is 4.42 Å². The van der Waals surface area contributed by atoms with Crippen molar-refractivity contribution in [3.8, 4) is 11.5 Å². The van der Waals surface area contributed by atoms with Gasteiger partial charge in [0.15, 0.2) is 0 Å². The van der Waals surface area contributed by atoms with Crippen molar-refractivity contribution in [1.29, 1.82) is 0 Å². The van der Waals surface area contributed by atoms with Crippen LogP contribution in [0.25, 0.3) is 11.5 Å². The van der Waals surface area contributed by atoms with Gasteiger partial charge in [-0.25, -0.2) is 4.98 Å². The number of hydrogen-bond acceptors (Lipinski definition) is 2. The predicted molar refractivity (Wildman–Crippen MR) is 81.5 cm³/mol. The van der Waals surface area contributed by atoms with Crippen LogP contribution in [-0.2, 0) is 12.8 Å². The largest absolute Gasteiger partial charge is 0.441 e. The van der Waals surface area contributed by atoms with Gasteiger partial charge in [-0.2, -0.15) is 0 Å². The average molecular weight is 259 g/mol. The molecule has 0 spiro atoms. The fourth-order valence-electron chi connectivity index (χ4n) is 1.93. The number of nitrogens with zero attached hydrogens (tertiary/aromatic N) is 1. The molecule has 1 heterocycles. The van der Waals surface area contributed by atoms with Crippen LogP contribution in [0.1, 0.15) is 50.3 Å². The minimum atomic E-state index is 0.752. The normalized spacial score (nSPS) is 10.0. The van der Waals surface area contributed by atoms with Crippen molar-refractivity contribution in [2.24, 2.45) is 0 Å². The third-order valence-electron chi connectivity index (χ3n) is 3.19. The second-order valence-corrected chi connectivity index (χ2v) is 4.40. The highest BCUT2D eigenvalue weighted by molar-refractivity contribution is 5.56. The second-order valence-electron chi connectivity index (χ2n) is 4.40. The SMILES string of the molecule is CC.CCc1nc(-c2ccc(C)c(C)c2)oc1CC. The molecule has 0 amide bonds. The molecule has 104 valence electrons. The molecule has 1 aromatic heterocycles. The first-order valence-corrected chi connectivity index (χ1v) is 7.21. The molecule has 2 heteroatoms. The van der Waals surface area contributed by atoms with Gasteiger partial charge in [-0.15, -0.1) is 0 Å². The highest BCUT2D eigenvalue weighted by Crippen LogP contribution is 2.24. The lowest BCUT2D eigenvalue weighted by atomic mass is 10.1. The van der Waals surface area contributed by atoms with Gasteiger partial charge in [-0.05, 0) is 43.5 Å². The summed E-state index contributed by atoms with van der Waals surface area (Å²) in [6.45, 7) is 12.4. The fraction of sp³-hybridized carbons (Fsp3) is 0.471. The maximum atomic E-state index is 5.82. The Morgan fingerprint density at radius 3 is 2.16 bits per heavy atom. The number of oxazole rings is 1. The average Bonchev–Trinajstić information content (AvgIpc) is 2.87. The standard InChI is InChI=1S/C15H19NO.C2H6/c1-5-13-14(6-2)17-15(16-13)12-8-7-10(3)11(4)9-12;1-2/h7-9H,5-6H2,1-4H3;1-2H3. The van der Waals surface area contributed by atoms with E-state index in [2.05, 4.69) is 50.9 Å². The van der Waals surface area contributed by atoms with Crippen molar-refractivity contribution < 1.29 is 4.42 Å². The van der Waals surface area contributed by atoms with Gasteiger partial charge in [0.1, 0.15) is 5.76 Å². The zero-order chi connectivity index (χ0) is 14.4. The predicted octanol–water partition coefficient (Wildman–Crippen LogP) is 5.11. The summed E-state index contributed by atoms with van der Waals surface area (Å²) in [6.07, 6.45) is 1.83. The highest BCUT2D eigenvalue weighted by Gasteiger charge is 2.12. The molecule has 19 heavy (non-hydrogen) atoms. The van der Waals surface area contributed by atoms with Crippen LogP contribution in [0.15, 0.2) is 22.6 Å². The Hall–Kier alpha value is -1.57. The Morgan fingerprint density at radius 2 is 1.68 bits per heavy atom. The lowest BCUT2D eigenvalue weighted by Crippen LogP contribution is -1.86. The van der Waals surface area contributed by atoms with Crippen molar-refractivity contribution >= 4 is 0 Å². The molecule has 0 radical (unpaired) electrons. The number of rotatable bonds is 3. The van der Waals surface area contributed by atoms with E-state index in [1.54, 1.807) is 0 Å². The molecule has 0 fully saturated rings. The highest BCUT2D eigenvalue weighted by atomic mass is 16.4. The van der Waals surface area contributed by atoms with Crippen molar-refractivity contribution in [2.45, 2.75) is 54.4 Å². The molecule has 0 saturated heterocycles. The van der Waals surface area contributed by atoms with Gasteiger partial charge in [0.2, 0.25) is 5.89 Å². The summed E-state index contributed by atoms with van der Waals surface area (Å²) >= 11 is 0. The van der Waals surface area contributed by atoms with Crippen LogP contribution in [0.5, 0.6) is 0 Å². The molecule has 0 bridgehead atoms. The Balaban J connectivity index is 0.000000861. The van der Waals surface area contributed by atoms with Crippen LogP contribution in [0.2, 0.25) is 0 Å². The van der Waals surface area contributed by atoms with Crippen molar-refractivity contribution in [1.82, 2.24) is 4.98 Å². The summed E-state index contributed by atoms with van der Waals surface area (Å²) in [7, 11) is 0. The van der Waals surface area contributed by atoms with E-state index in [0.717, 1.165) is 35.7 Å². The lowest BCUT2D eigenvalue weighted by molar-refractivity contribution is 0.521. The minimum Gasteiger partial charge on any atom is -0.441 e. The molecule has 0 atom stereocenters. The Morgan fingerprint density at radius 1 is 1.00 bits per heavy atom. The Labute approximate surface area is 116 Å². The smallest absolute Gasteiger partial charge is 0.226 e. The summed E-state index contributed by atoms with van der Waals surface area (Å²) in [4.78, 5) is 4.57. The first-order valence-electron chi connectivity index (χ1n) is 7.21. The van der Waals surface area contributed by atoms with Gasteiger partial charge >= 0.3 is 0 Å². The van der Waals surface area contributed by atoms with Crippen LogP contribution in [0.4, 0.5) is 0 Å². The first-order chi connectivity index (χ1) is 9.15. The molecule has 0 aliphatic heterocycles. The van der Waals surface area contributed by atoms with Crippen LogP contribution in [0, 0.1) is 13.8 Å². The van der Waals surface area contributed by atoms with E-state index in [-0.39, 0.29) is 0 Å². The van der Waals surface area contributed by atoms with Crippen molar-refractivity contribution in [3.05, 3.63) is 40.8 Å². The fourth-order valence-corrected chi connectivity index (χ4v) is 1.93. The van der Waals surface area contributed by atoms with Crippen LogP contribution >= 0.6 is 0 Å². The number of aryl methyl sites for hydroxylation is 4. The maximum absolute atomic E-state index is 5.82. The molecule has 0 aliphatic rings. The number of aromatic nitrogens is 1. The molecular formula is C17H25NO. The molecule has 0 saturated carbocycles. The van der Waals surface area contributed by atoms with Gasteiger partial charge in [0.25, 0.3) is 0 Å². The van der Waals surface area contributed by atoms with Gasteiger partial charge in [-0.3, -0.25) is 0 Å². The van der Waals surface area contributed by atoms with E-state index < -0.39 is 0 Å².